The summed E-state index contributed by atoms with van der Waals surface area (Å²) in [6, 6.07) is 6.21. The molecule has 0 saturated carbocycles. The van der Waals surface area contributed by atoms with E-state index >= 15 is 0 Å². The van der Waals surface area contributed by atoms with Crippen LogP contribution in [0.3, 0.4) is 0 Å². The van der Waals surface area contributed by atoms with Gasteiger partial charge in [-0.05, 0) is 24.6 Å². The summed E-state index contributed by atoms with van der Waals surface area (Å²) >= 11 is 5.53. The van der Waals surface area contributed by atoms with Gasteiger partial charge in [0.1, 0.15) is 0 Å². The van der Waals surface area contributed by atoms with Crippen molar-refractivity contribution in [3.8, 4) is 0 Å². The van der Waals surface area contributed by atoms with Gasteiger partial charge in [-0.2, -0.15) is 11.8 Å². The van der Waals surface area contributed by atoms with Gasteiger partial charge in [0.25, 0.3) is 0 Å². The summed E-state index contributed by atoms with van der Waals surface area (Å²) in [6.45, 7) is 4.02. The number of aliphatic hydroxyl groups is 1. The van der Waals surface area contributed by atoms with Crippen LogP contribution in [0.2, 0.25) is 0 Å². The second kappa shape index (κ2) is 5.43. The second-order valence-corrected chi connectivity index (χ2v) is 6.06. The first kappa shape index (κ1) is 12.3. The largest absolute Gasteiger partial charge is 0.389 e. The van der Waals surface area contributed by atoms with Crippen molar-refractivity contribution in [3.05, 3.63) is 28.2 Å². The van der Waals surface area contributed by atoms with Crippen LogP contribution in [0.5, 0.6) is 0 Å². The monoisotopic (exact) mass is 301 g/mol. The van der Waals surface area contributed by atoms with Crippen molar-refractivity contribution < 1.29 is 5.11 Å². The van der Waals surface area contributed by atoms with Crippen molar-refractivity contribution in [2.75, 3.05) is 29.5 Å². The molecule has 0 radical (unpaired) electrons. The molecule has 1 saturated heterocycles. The lowest BCUT2D eigenvalue weighted by molar-refractivity contribution is 0.198. The first-order valence-corrected chi connectivity index (χ1v) is 7.43. The molecule has 0 aliphatic carbocycles. The lowest BCUT2D eigenvalue weighted by atomic mass is 10.1. The molecule has 1 fully saturated rings. The van der Waals surface area contributed by atoms with Crippen molar-refractivity contribution in [1.29, 1.82) is 0 Å². The van der Waals surface area contributed by atoms with E-state index in [0.717, 1.165) is 23.1 Å². The normalized spacial score (nSPS) is 18.6. The van der Waals surface area contributed by atoms with Crippen molar-refractivity contribution in [2.24, 2.45) is 0 Å². The molecule has 0 spiro atoms. The molecule has 88 valence electrons. The smallest absolute Gasteiger partial charge is 0.0772 e. The zero-order chi connectivity index (χ0) is 11.5. The van der Waals surface area contributed by atoms with Crippen LogP contribution in [0, 0.1) is 0 Å². The first-order chi connectivity index (χ1) is 7.68. The molecular formula is C12H16BrNOS. The van der Waals surface area contributed by atoms with E-state index in [1.54, 1.807) is 6.92 Å². The standard InChI is InChI=1S/C12H16BrNOS/c1-9(15)11-3-2-10(8-12(11)13)14-4-6-16-7-5-14/h2-3,8-9,15H,4-7H2,1H3/t9-/m1/s1. The van der Waals surface area contributed by atoms with E-state index < -0.39 is 6.10 Å². The van der Waals surface area contributed by atoms with E-state index in [1.807, 2.05) is 17.8 Å². The highest BCUT2D eigenvalue weighted by Gasteiger charge is 2.13. The zero-order valence-electron chi connectivity index (χ0n) is 9.32. The maximum atomic E-state index is 9.56. The van der Waals surface area contributed by atoms with Gasteiger partial charge >= 0.3 is 0 Å². The predicted octanol–water partition coefficient (Wildman–Crippen LogP) is 3.06. The Hall–Kier alpha value is -0.190. The molecule has 1 N–H and O–H groups in total. The number of hydrogen-bond donors (Lipinski definition) is 1. The molecular weight excluding hydrogens is 286 g/mol. The highest BCUT2D eigenvalue weighted by Crippen LogP contribution is 2.29. The summed E-state index contributed by atoms with van der Waals surface area (Å²) in [4.78, 5) is 2.40. The molecule has 2 nitrogen and oxygen atoms in total. The van der Waals surface area contributed by atoms with Crippen LogP contribution in [0.1, 0.15) is 18.6 Å². The van der Waals surface area contributed by atoms with E-state index in [-0.39, 0.29) is 0 Å². The summed E-state index contributed by atoms with van der Waals surface area (Å²) in [6.07, 6.45) is -0.416. The number of halogens is 1. The number of thioether (sulfide) groups is 1. The molecule has 0 bridgehead atoms. The number of rotatable bonds is 2. The summed E-state index contributed by atoms with van der Waals surface area (Å²) in [5, 5.41) is 9.56. The molecule has 0 aromatic heterocycles. The predicted molar refractivity (Wildman–Crippen MR) is 74.3 cm³/mol. The average molecular weight is 302 g/mol. The SMILES string of the molecule is C[C@@H](O)c1ccc(N2CCSCC2)cc1Br. The molecule has 1 aliphatic rings. The van der Waals surface area contributed by atoms with E-state index in [2.05, 4.69) is 33.0 Å². The Kier molecular flexibility index (Phi) is 4.16. The fourth-order valence-electron chi connectivity index (χ4n) is 1.87. The summed E-state index contributed by atoms with van der Waals surface area (Å²) in [7, 11) is 0. The number of anilines is 1. The number of benzene rings is 1. The van der Waals surface area contributed by atoms with Crippen molar-refractivity contribution >= 4 is 33.4 Å². The van der Waals surface area contributed by atoms with Crippen LogP contribution >= 0.6 is 27.7 Å². The molecule has 0 amide bonds. The number of nitrogens with zero attached hydrogens (tertiary/aromatic N) is 1. The Bertz CT molecular complexity index is 364. The minimum absolute atomic E-state index is 0.416. The van der Waals surface area contributed by atoms with Gasteiger partial charge in [-0.1, -0.05) is 22.0 Å². The van der Waals surface area contributed by atoms with Crippen LogP contribution < -0.4 is 4.90 Å². The van der Waals surface area contributed by atoms with Crippen LogP contribution in [0.25, 0.3) is 0 Å². The van der Waals surface area contributed by atoms with E-state index in [9.17, 15) is 5.11 Å². The van der Waals surface area contributed by atoms with Crippen molar-refractivity contribution in [3.63, 3.8) is 0 Å². The molecule has 1 atom stereocenters. The van der Waals surface area contributed by atoms with Crippen molar-refractivity contribution in [1.82, 2.24) is 0 Å². The Morgan fingerprint density at radius 2 is 2.06 bits per heavy atom. The summed E-state index contributed by atoms with van der Waals surface area (Å²) in [5.41, 5.74) is 2.20. The molecule has 1 heterocycles. The minimum atomic E-state index is -0.416. The third-order valence-electron chi connectivity index (χ3n) is 2.81. The van der Waals surface area contributed by atoms with Crippen molar-refractivity contribution in [2.45, 2.75) is 13.0 Å². The fourth-order valence-corrected chi connectivity index (χ4v) is 3.47. The quantitative estimate of drug-likeness (QED) is 0.908. The zero-order valence-corrected chi connectivity index (χ0v) is 11.7. The first-order valence-electron chi connectivity index (χ1n) is 5.48. The fraction of sp³-hybridized carbons (Fsp3) is 0.500. The van der Waals surface area contributed by atoms with Gasteiger partial charge < -0.3 is 10.0 Å². The third-order valence-corrected chi connectivity index (χ3v) is 4.44. The van der Waals surface area contributed by atoms with Crippen LogP contribution in [0.4, 0.5) is 5.69 Å². The Balaban J connectivity index is 2.19. The Morgan fingerprint density at radius 3 is 2.62 bits per heavy atom. The summed E-state index contributed by atoms with van der Waals surface area (Å²) < 4.78 is 0.998. The Labute approximate surface area is 109 Å². The summed E-state index contributed by atoms with van der Waals surface area (Å²) in [5.74, 6) is 2.41. The molecule has 2 rings (SSSR count). The molecule has 0 unspecified atom stereocenters. The molecule has 1 aromatic carbocycles. The average Bonchev–Trinajstić information content (AvgIpc) is 2.29. The molecule has 1 aromatic rings. The maximum Gasteiger partial charge on any atom is 0.0772 e. The lowest BCUT2D eigenvalue weighted by Crippen LogP contribution is -2.32. The molecule has 1 aliphatic heterocycles. The highest BCUT2D eigenvalue weighted by atomic mass is 79.9. The van der Waals surface area contributed by atoms with Gasteiger partial charge in [-0.3, -0.25) is 0 Å². The van der Waals surface area contributed by atoms with Gasteiger partial charge in [-0.25, -0.2) is 0 Å². The third kappa shape index (κ3) is 2.73. The van der Waals surface area contributed by atoms with E-state index in [1.165, 1.54) is 17.2 Å². The second-order valence-electron chi connectivity index (χ2n) is 3.98. The van der Waals surface area contributed by atoms with Gasteiger partial charge in [0.2, 0.25) is 0 Å². The van der Waals surface area contributed by atoms with Gasteiger partial charge in [0, 0.05) is 34.8 Å². The maximum absolute atomic E-state index is 9.56. The van der Waals surface area contributed by atoms with Gasteiger partial charge in [0.05, 0.1) is 6.10 Å². The van der Waals surface area contributed by atoms with E-state index in [4.69, 9.17) is 0 Å². The Morgan fingerprint density at radius 1 is 1.38 bits per heavy atom. The van der Waals surface area contributed by atoms with Gasteiger partial charge in [0.15, 0.2) is 0 Å². The topological polar surface area (TPSA) is 23.5 Å². The molecule has 16 heavy (non-hydrogen) atoms. The van der Waals surface area contributed by atoms with Crippen LogP contribution in [-0.2, 0) is 0 Å². The van der Waals surface area contributed by atoms with E-state index in [0.29, 0.717) is 0 Å². The van der Waals surface area contributed by atoms with Crippen LogP contribution in [0.15, 0.2) is 22.7 Å². The van der Waals surface area contributed by atoms with Gasteiger partial charge in [-0.15, -0.1) is 0 Å². The molecule has 4 heteroatoms. The minimum Gasteiger partial charge on any atom is -0.389 e. The lowest BCUT2D eigenvalue weighted by Gasteiger charge is -2.29. The van der Waals surface area contributed by atoms with Crippen LogP contribution in [-0.4, -0.2) is 29.7 Å². The highest BCUT2D eigenvalue weighted by molar-refractivity contribution is 9.10. The number of aliphatic hydroxyl groups excluding tert-OH is 1. The number of hydrogen-bond acceptors (Lipinski definition) is 3.